The summed E-state index contributed by atoms with van der Waals surface area (Å²) in [5.41, 5.74) is 8.68. The van der Waals surface area contributed by atoms with Crippen molar-refractivity contribution in [2.24, 2.45) is 11.7 Å². The number of benzene rings is 1. The number of hydrogen-bond donors (Lipinski definition) is 1. The normalized spacial score (nSPS) is 23.9. The number of halogens is 1. The van der Waals surface area contributed by atoms with Crippen LogP contribution < -0.4 is 10.6 Å². The van der Waals surface area contributed by atoms with Crippen molar-refractivity contribution in [2.45, 2.75) is 38.8 Å². The van der Waals surface area contributed by atoms with Gasteiger partial charge < -0.3 is 15.5 Å². The molecular weight excluding hydrogens is 326 g/mol. The molecule has 0 bridgehead atoms. The maximum absolute atomic E-state index is 6.05. The van der Waals surface area contributed by atoms with E-state index in [1.165, 1.54) is 15.7 Å². The zero-order valence-electron chi connectivity index (χ0n) is 13.6. The number of rotatable bonds is 5. The fourth-order valence-corrected chi connectivity index (χ4v) is 3.88. The van der Waals surface area contributed by atoms with Crippen LogP contribution in [-0.4, -0.2) is 44.2 Å². The maximum atomic E-state index is 6.05. The zero-order chi connectivity index (χ0) is 15.6. The lowest BCUT2D eigenvalue weighted by molar-refractivity contribution is 0.266. The summed E-state index contributed by atoms with van der Waals surface area (Å²) in [7, 11) is 4.35. The molecule has 0 aromatic heterocycles. The Morgan fingerprint density at radius 1 is 1.38 bits per heavy atom. The van der Waals surface area contributed by atoms with Gasteiger partial charge in [0.1, 0.15) is 0 Å². The van der Waals surface area contributed by atoms with Gasteiger partial charge in [0.2, 0.25) is 0 Å². The van der Waals surface area contributed by atoms with Gasteiger partial charge in [0, 0.05) is 29.6 Å². The van der Waals surface area contributed by atoms with Crippen molar-refractivity contribution in [3.05, 3.63) is 28.2 Å². The third kappa shape index (κ3) is 3.99. The van der Waals surface area contributed by atoms with Crippen LogP contribution in [0.15, 0.2) is 22.7 Å². The van der Waals surface area contributed by atoms with E-state index in [9.17, 15) is 0 Å². The summed E-state index contributed by atoms with van der Waals surface area (Å²) >= 11 is 3.75. The number of nitrogens with zero attached hydrogens (tertiary/aromatic N) is 2. The first kappa shape index (κ1) is 16.8. The summed E-state index contributed by atoms with van der Waals surface area (Å²) in [4.78, 5) is 4.83. The lowest BCUT2D eigenvalue weighted by atomic mass is 10.0. The molecule has 0 amide bonds. The highest BCUT2D eigenvalue weighted by atomic mass is 79.9. The predicted octanol–water partition coefficient (Wildman–Crippen LogP) is 3.12. The summed E-state index contributed by atoms with van der Waals surface area (Å²) in [6.45, 7) is 6.70. The van der Waals surface area contributed by atoms with Crippen LogP contribution in [0.3, 0.4) is 0 Å². The molecule has 4 heteroatoms. The number of nitrogens with two attached hydrogens (primary N) is 1. The smallest absolute Gasteiger partial charge is 0.0511 e. The average molecular weight is 354 g/mol. The lowest BCUT2D eigenvalue weighted by Gasteiger charge is -2.24. The Hall–Kier alpha value is -0.580. The van der Waals surface area contributed by atoms with E-state index in [-0.39, 0.29) is 6.04 Å². The molecule has 3 atom stereocenters. The molecule has 1 aliphatic rings. The van der Waals surface area contributed by atoms with Crippen LogP contribution in [-0.2, 0) is 6.42 Å². The molecule has 1 saturated heterocycles. The standard InChI is InChI=1S/C17H28BrN3/c1-5-14(19)8-13-6-7-16(15(18)9-13)21-10-12(2)17(11-21)20(3)4/h6-7,9,12,14,17H,5,8,10-11,19H2,1-4H3. The fourth-order valence-electron chi connectivity index (χ4n) is 3.20. The van der Waals surface area contributed by atoms with Crippen LogP contribution in [0.5, 0.6) is 0 Å². The van der Waals surface area contributed by atoms with Gasteiger partial charge in [-0.15, -0.1) is 0 Å². The third-order valence-electron chi connectivity index (χ3n) is 4.61. The van der Waals surface area contributed by atoms with E-state index in [1.807, 2.05) is 0 Å². The molecule has 1 fully saturated rings. The topological polar surface area (TPSA) is 32.5 Å². The average Bonchev–Trinajstić information content (AvgIpc) is 2.80. The number of anilines is 1. The highest BCUT2D eigenvalue weighted by molar-refractivity contribution is 9.10. The van der Waals surface area contributed by atoms with Crippen molar-refractivity contribution >= 4 is 21.6 Å². The van der Waals surface area contributed by atoms with Crippen molar-refractivity contribution in [2.75, 3.05) is 32.1 Å². The molecule has 118 valence electrons. The van der Waals surface area contributed by atoms with Gasteiger partial charge in [-0.3, -0.25) is 0 Å². The molecule has 0 aliphatic carbocycles. The Morgan fingerprint density at radius 3 is 2.62 bits per heavy atom. The third-order valence-corrected chi connectivity index (χ3v) is 5.25. The number of hydrogen-bond acceptors (Lipinski definition) is 3. The summed E-state index contributed by atoms with van der Waals surface area (Å²) < 4.78 is 1.19. The van der Waals surface area contributed by atoms with Crippen LogP contribution in [0.2, 0.25) is 0 Å². The molecule has 1 aliphatic heterocycles. The first-order valence-corrected chi connectivity index (χ1v) is 8.67. The Kier molecular flexibility index (Phi) is 5.69. The molecule has 0 radical (unpaired) electrons. The van der Waals surface area contributed by atoms with Crippen LogP contribution in [0.25, 0.3) is 0 Å². The fraction of sp³-hybridized carbons (Fsp3) is 0.647. The second kappa shape index (κ2) is 7.12. The molecule has 3 nitrogen and oxygen atoms in total. The van der Waals surface area contributed by atoms with Gasteiger partial charge in [0.05, 0.1) is 5.69 Å². The highest BCUT2D eigenvalue weighted by Crippen LogP contribution is 2.32. The Labute approximate surface area is 137 Å². The summed E-state index contributed by atoms with van der Waals surface area (Å²) in [5.74, 6) is 0.695. The van der Waals surface area contributed by atoms with Crippen molar-refractivity contribution in [1.82, 2.24) is 4.90 Å². The van der Waals surface area contributed by atoms with Gasteiger partial charge >= 0.3 is 0 Å². The molecule has 1 aromatic rings. The Bertz CT molecular complexity index is 475. The van der Waals surface area contributed by atoms with E-state index >= 15 is 0 Å². The minimum atomic E-state index is 0.257. The van der Waals surface area contributed by atoms with Crippen LogP contribution in [0.4, 0.5) is 5.69 Å². The Balaban J connectivity index is 2.11. The van der Waals surface area contributed by atoms with E-state index in [0.29, 0.717) is 12.0 Å². The van der Waals surface area contributed by atoms with E-state index in [0.717, 1.165) is 25.9 Å². The summed E-state index contributed by atoms with van der Waals surface area (Å²) in [6, 6.07) is 7.59. The van der Waals surface area contributed by atoms with Crippen LogP contribution >= 0.6 is 15.9 Å². The van der Waals surface area contributed by atoms with Crippen molar-refractivity contribution < 1.29 is 0 Å². The minimum Gasteiger partial charge on any atom is -0.369 e. The Morgan fingerprint density at radius 2 is 2.10 bits per heavy atom. The van der Waals surface area contributed by atoms with E-state index in [4.69, 9.17) is 5.73 Å². The molecule has 1 aromatic carbocycles. The molecule has 2 N–H and O–H groups in total. The number of likely N-dealkylation sites (N-methyl/N-ethyl adjacent to an activating group) is 1. The van der Waals surface area contributed by atoms with Crippen LogP contribution in [0.1, 0.15) is 25.8 Å². The van der Waals surface area contributed by atoms with Crippen molar-refractivity contribution in [3.8, 4) is 0 Å². The SMILES string of the molecule is CCC(N)Cc1ccc(N2CC(C)C(N(C)C)C2)c(Br)c1. The molecule has 1 heterocycles. The molecule has 0 saturated carbocycles. The summed E-state index contributed by atoms with van der Waals surface area (Å²) in [6.07, 6.45) is 1.97. The highest BCUT2D eigenvalue weighted by Gasteiger charge is 2.31. The second-order valence-corrected chi connectivity index (χ2v) is 7.43. The van der Waals surface area contributed by atoms with Gasteiger partial charge in [-0.2, -0.15) is 0 Å². The van der Waals surface area contributed by atoms with E-state index < -0.39 is 0 Å². The van der Waals surface area contributed by atoms with Gasteiger partial charge in [0.25, 0.3) is 0 Å². The largest absolute Gasteiger partial charge is 0.369 e. The molecule has 3 unspecified atom stereocenters. The van der Waals surface area contributed by atoms with E-state index in [1.54, 1.807) is 0 Å². The quantitative estimate of drug-likeness (QED) is 0.882. The molecule has 0 spiro atoms. The zero-order valence-corrected chi connectivity index (χ0v) is 15.2. The second-order valence-electron chi connectivity index (χ2n) is 6.57. The molecular formula is C17H28BrN3. The first-order valence-electron chi connectivity index (χ1n) is 7.87. The van der Waals surface area contributed by atoms with Gasteiger partial charge in [-0.1, -0.05) is 19.9 Å². The first-order chi connectivity index (χ1) is 9.92. The van der Waals surface area contributed by atoms with Crippen LogP contribution in [0, 0.1) is 5.92 Å². The molecule has 2 rings (SSSR count). The monoisotopic (exact) mass is 353 g/mol. The maximum Gasteiger partial charge on any atom is 0.0511 e. The lowest BCUT2D eigenvalue weighted by Crippen LogP contribution is -2.34. The van der Waals surface area contributed by atoms with E-state index in [2.05, 4.69) is 71.9 Å². The van der Waals surface area contributed by atoms with Crippen molar-refractivity contribution in [3.63, 3.8) is 0 Å². The molecule has 21 heavy (non-hydrogen) atoms. The van der Waals surface area contributed by atoms with Crippen molar-refractivity contribution in [1.29, 1.82) is 0 Å². The van der Waals surface area contributed by atoms with Gasteiger partial charge in [-0.25, -0.2) is 0 Å². The van der Waals surface area contributed by atoms with Gasteiger partial charge in [-0.05, 0) is 66.5 Å². The summed E-state index contributed by atoms with van der Waals surface area (Å²) in [5, 5.41) is 0. The minimum absolute atomic E-state index is 0.257. The predicted molar refractivity (Wildman–Crippen MR) is 95.0 cm³/mol. The van der Waals surface area contributed by atoms with Gasteiger partial charge in [0.15, 0.2) is 0 Å².